The Kier molecular flexibility index (Phi) is 1.62. The Hall–Kier alpha value is -0.570. The monoisotopic (exact) mass is 179 g/mol. The van der Waals surface area contributed by atoms with Crippen LogP contribution in [-0.4, -0.2) is 35.4 Å². The first-order valence-corrected chi connectivity index (χ1v) is 5.41. The minimum Gasteiger partial charge on any atom is -0.355 e. The Morgan fingerprint density at radius 1 is 1.23 bits per heavy atom. The van der Waals surface area contributed by atoms with E-state index in [-0.39, 0.29) is 0 Å². The standard InChI is InChI=1S/C10H17N3/c11-7-1-4-10-9(5-7)12-6-13(10)8-2-3-8/h6-10H,1-5,11H2. The van der Waals surface area contributed by atoms with Crippen molar-refractivity contribution in [3.05, 3.63) is 0 Å². The van der Waals surface area contributed by atoms with Gasteiger partial charge in [-0.3, -0.25) is 4.99 Å². The first kappa shape index (κ1) is 7.80. The molecule has 0 bridgehead atoms. The Labute approximate surface area is 79.0 Å². The highest BCUT2D eigenvalue weighted by atomic mass is 15.3. The molecule has 2 fully saturated rings. The summed E-state index contributed by atoms with van der Waals surface area (Å²) in [5, 5.41) is 0. The second-order valence-electron chi connectivity index (χ2n) is 4.65. The van der Waals surface area contributed by atoms with Gasteiger partial charge in [-0.15, -0.1) is 0 Å². The van der Waals surface area contributed by atoms with E-state index < -0.39 is 0 Å². The molecule has 2 saturated carbocycles. The summed E-state index contributed by atoms with van der Waals surface area (Å²) < 4.78 is 0. The minimum absolute atomic E-state index is 0.401. The fourth-order valence-electron chi connectivity index (χ4n) is 2.66. The van der Waals surface area contributed by atoms with Crippen LogP contribution in [0.4, 0.5) is 0 Å². The van der Waals surface area contributed by atoms with Crippen LogP contribution in [0.3, 0.4) is 0 Å². The summed E-state index contributed by atoms with van der Waals surface area (Å²) in [7, 11) is 0. The fraction of sp³-hybridized carbons (Fsp3) is 0.900. The van der Waals surface area contributed by atoms with Crippen molar-refractivity contribution in [1.82, 2.24) is 4.90 Å². The summed E-state index contributed by atoms with van der Waals surface area (Å²) in [6, 6.07) is 2.45. The Morgan fingerprint density at radius 3 is 2.85 bits per heavy atom. The number of nitrogens with two attached hydrogens (primary N) is 1. The van der Waals surface area contributed by atoms with E-state index in [4.69, 9.17) is 5.73 Å². The molecule has 1 heterocycles. The van der Waals surface area contributed by atoms with E-state index in [1.807, 2.05) is 0 Å². The predicted octanol–water partition coefficient (Wildman–Crippen LogP) is 0.741. The lowest BCUT2D eigenvalue weighted by Crippen LogP contribution is -2.44. The van der Waals surface area contributed by atoms with Crippen LogP contribution in [0.25, 0.3) is 0 Å². The zero-order valence-corrected chi connectivity index (χ0v) is 7.89. The number of hydrogen-bond acceptors (Lipinski definition) is 3. The molecule has 3 rings (SSSR count). The Morgan fingerprint density at radius 2 is 2.08 bits per heavy atom. The van der Waals surface area contributed by atoms with Gasteiger partial charge in [-0.25, -0.2) is 0 Å². The molecule has 3 nitrogen and oxygen atoms in total. The van der Waals surface area contributed by atoms with E-state index in [1.165, 1.54) is 25.7 Å². The number of hydrogen-bond donors (Lipinski definition) is 1. The van der Waals surface area contributed by atoms with Gasteiger partial charge in [0.25, 0.3) is 0 Å². The van der Waals surface area contributed by atoms with Gasteiger partial charge in [0.15, 0.2) is 0 Å². The predicted molar refractivity (Wildman–Crippen MR) is 52.8 cm³/mol. The molecule has 0 amide bonds. The third-order valence-electron chi connectivity index (χ3n) is 3.56. The quantitative estimate of drug-likeness (QED) is 0.645. The minimum atomic E-state index is 0.401. The van der Waals surface area contributed by atoms with Crippen molar-refractivity contribution in [2.75, 3.05) is 0 Å². The second-order valence-corrected chi connectivity index (χ2v) is 4.65. The molecular weight excluding hydrogens is 162 g/mol. The van der Waals surface area contributed by atoms with Crippen molar-refractivity contribution >= 4 is 6.34 Å². The van der Waals surface area contributed by atoms with E-state index in [0.717, 1.165) is 12.5 Å². The molecular formula is C10H17N3. The maximum absolute atomic E-state index is 5.94. The van der Waals surface area contributed by atoms with Gasteiger partial charge in [0, 0.05) is 12.1 Å². The molecule has 0 aromatic rings. The van der Waals surface area contributed by atoms with Crippen molar-refractivity contribution in [1.29, 1.82) is 0 Å². The van der Waals surface area contributed by atoms with Crippen molar-refractivity contribution in [2.24, 2.45) is 10.7 Å². The van der Waals surface area contributed by atoms with Crippen molar-refractivity contribution in [3.8, 4) is 0 Å². The largest absolute Gasteiger partial charge is 0.355 e. The molecule has 2 N–H and O–H groups in total. The van der Waals surface area contributed by atoms with Crippen LogP contribution >= 0.6 is 0 Å². The number of fused-ring (bicyclic) bond motifs is 1. The van der Waals surface area contributed by atoms with Crippen LogP contribution in [0.1, 0.15) is 32.1 Å². The third kappa shape index (κ3) is 1.26. The summed E-state index contributed by atoms with van der Waals surface area (Å²) >= 11 is 0. The second kappa shape index (κ2) is 2.71. The van der Waals surface area contributed by atoms with Crippen LogP contribution in [0.15, 0.2) is 4.99 Å². The summed E-state index contributed by atoms with van der Waals surface area (Å²) in [6.07, 6.45) is 8.38. The first-order valence-electron chi connectivity index (χ1n) is 5.41. The summed E-state index contributed by atoms with van der Waals surface area (Å²) in [6.45, 7) is 0. The Balaban J connectivity index is 1.73. The molecule has 3 atom stereocenters. The van der Waals surface area contributed by atoms with E-state index in [2.05, 4.69) is 16.2 Å². The summed E-state index contributed by atoms with van der Waals surface area (Å²) in [4.78, 5) is 7.07. The highest BCUT2D eigenvalue weighted by Gasteiger charge is 2.41. The number of aliphatic imine (C=N–C) groups is 1. The lowest BCUT2D eigenvalue weighted by atomic mass is 9.87. The molecule has 0 radical (unpaired) electrons. The lowest BCUT2D eigenvalue weighted by molar-refractivity contribution is 0.228. The molecule has 3 heteroatoms. The van der Waals surface area contributed by atoms with Gasteiger partial charge >= 0.3 is 0 Å². The summed E-state index contributed by atoms with van der Waals surface area (Å²) in [5.74, 6) is 0. The fourth-order valence-corrected chi connectivity index (χ4v) is 2.66. The molecule has 0 spiro atoms. The lowest BCUT2D eigenvalue weighted by Gasteiger charge is -2.34. The zero-order valence-electron chi connectivity index (χ0n) is 7.89. The van der Waals surface area contributed by atoms with Crippen LogP contribution in [0, 0.1) is 0 Å². The normalized spacial score (nSPS) is 43.8. The highest BCUT2D eigenvalue weighted by Crippen LogP contribution is 2.36. The van der Waals surface area contributed by atoms with Crippen molar-refractivity contribution in [2.45, 2.75) is 56.3 Å². The van der Waals surface area contributed by atoms with Gasteiger partial charge in [0.1, 0.15) is 0 Å². The molecule has 0 aromatic carbocycles. The van der Waals surface area contributed by atoms with Crippen LogP contribution < -0.4 is 5.73 Å². The molecule has 2 aliphatic carbocycles. The molecule has 1 aliphatic heterocycles. The van der Waals surface area contributed by atoms with Crippen molar-refractivity contribution in [3.63, 3.8) is 0 Å². The van der Waals surface area contributed by atoms with Crippen LogP contribution in [0.5, 0.6) is 0 Å². The average molecular weight is 179 g/mol. The van der Waals surface area contributed by atoms with Gasteiger partial charge < -0.3 is 10.6 Å². The zero-order chi connectivity index (χ0) is 8.84. The van der Waals surface area contributed by atoms with E-state index in [1.54, 1.807) is 0 Å². The van der Waals surface area contributed by atoms with Crippen molar-refractivity contribution < 1.29 is 0 Å². The third-order valence-corrected chi connectivity index (χ3v) is 3.56. The van der Waals surface area contributed by atoms with Gasteiger partial charge in [-0.2, -0.15) is 0 Å². The molecule has 0 aromatic heterocycles. The van der Waals surface area contributed by atoms with Crippen LogP contribution in [-0.2, 0) is 0 Å². The maximum atomic E-state index is 5.94. The average Bonchev–Trinajstić information content (AvgIpc) is 2.87. The van der Waals surface area contributed by atoms with E-state index in [0.29, 0.717) is 18.1 Å². The smallest absolute Gasteiger partial charge is 0.0859 e. The molecule has 72 valence electrons. The Bertz CT molecular complexity index is 234. The maximum Gasteiger partial charge on any atom is 0.0859 e. The topological polar surface area (TPSA) is 41.6 Å². The van der Waals surface area contributed by atoms with Gasteiger partial charge in [-0.1, -0.05) is 0 Å². The molecule has 0 saturated heterocycles. The first-order chi connectivity index (χ1) is 6.34. The van der Waals surface area contributed by atoms with E-state index >= 15 is 0 Å². The van der Waals surface area contributed by atoms with Gasteiger partial charge in [0.2, 0.25) is 0 Å². The molecule has 13 heavy (non-hydrogen) atoms. The molecule has 3 aliphatic rings. The van der Waals surface area contributed by atoms with Gasteiger partial charge in [-0.05, 0) is 32.1 Å². The van der Waals surface area contributed by atoms with Gasteiger partial charge in [0.05, 0.1) is 18.4 Å². The van der Waals surface area contributed by atoms with Crippen LogP contribution in [0.2, 0.25) is 0 Å². The molecule has 3 unspecified atom stereocenters. The summed E-state index contributed by atoms with van der Waals surface area (Å²) in [5.41, 5.74) is 5.94. The SMILES string of the molecule is NC1CCC2C(C1)N=CN2C1CC1. The number of nitrogens with zero attached hydrogens (tertiary/aromatic N) is 2. The number of rotatable bonds is 1. The highest BCUT2D eigenvalue weighted by molar-refractivity contribution is 5.60. The van der Waals surface area contributed by atoms with E-state index in [9.17, 15) is 0 Å².